The third kappa shape index (κ3) is 2.04. The van der Waals surface area contributed by atoms with Crippen molar-refractivity contribution in [3.8, 4) is 5.75 Å². The number of carbonyl (C=O) groups is 1. The van der Waals surface area contributed by atoms with Crippen molar-refractivity contribution in [3.63, 3.8) is 0 Å². The molecule has 0 aliphatic heterocycles. The summed E-state index contributed by atoms with van der Waals surface area (Å²) in [5.74, 6) is 0.924. The van der Waals surface area contributed by atoms with Crippen LogP contribution in [-0.2, 0) is 18.3 Å². The van der Waals surface area contributed by atoms with Crippen LogP contribution in [0.5, 0.6) is 5.75 Å². The molecule has 3 rings (SSSR count). The highest BCUT2D eigenvalue weighted by atomic mass is 16.5. The lowest BCUT2D eigenvalue weighted by molar-refractivity contribution is 0.0842. The molecule has 2 nitrogen and oxygen atoms in total. The summed E-state index contributed by atoms with van der Waals surface area (Å²) in [5, 5.41) is 0. The largest absolute Gasteiger partial charge is 0.496 e. The van der Waals surface area contributed by atoms with Gasteiger partial charge in [0, 0.05) is 5.41 Å². The lowest BCUT2D eigenvalue weighted by Gasteiger charge is -2.38. The molecular formula is C20H26O2. The Labute approximate surface area is 133 Å². The van der Waals surface area contributed by atoms with E-state index in [1.165, 1.54) is 29.5 Å². The average molecular weight is 298 g/mol. The molecule has 1 atom stereocenters. The first-order valence-electron chi connectivity index (χ1n) is 8.25. The van der Waals surface area contributed by atoms with Crippen molar-refractivity contribution in [1.29, 1.82) is 0 Å². The number of rotatable bonds is 2. The van der Waals surface area contributed by atoms with E-state index >= 15 is 0 Å². The van der Waals surface area contributed by atoms with Gasteiger partial charge >= 0.3 is 0 Å². The average Bonchev–Trinajstić information content (AvgIpc) is 2.50. The smallest absolute Gasteiger partial charge is 0.176 e. The summed E-state index contributed by atoms with van der Waals surface area (Å²) in [7, 11) is 1.67. The summed E-state index contributed by atoms with van der Waals surface area (Å²) >= 11 is 0. The molecule has 1 aromatic carbocycles. The number of fused-ring (bicyclic) bond motifs is 3. The highest BCUT2D eigenvalue weighted by Gasteiger charge is 2.41. The van der Waals surface area contributed by atoms with E-state index in [9.17, 15) is 4.79 Å². The van der Waals surface area contributed by atoms with E-state index in [4.69, 9.17) is 4.74 Å². The van der Waals surface area contributed by atoms with Gasteiger partial charge in [0.05, 0.1) is 12.7 Å². The van der Waals surface area contributed by atoms with Crippen LogP contribution < -0.4 is 4.74 Å². The second-order valence-corrected chi connectivity index (χ2v) is 7.65. The molecule has 0 N–H and O–H groups in total. The molecular weight excluding hydrogens is 272 g/mol. The second-order valence-electron chi connectivity index (χ2n) is 7.65. The minimum Gasteiger partial charge on any atom is -0.496 e. The number of Topliss-reactive ketones (excluding diaryl/α,β-unsaturated/α-hetero) is 1. The zero-order valence-electron chi connectivity index (χ0n) is 14.2. The maximum atomic E-state index is 13.0. The molecule has 1 aromatic rings. The van der Waals surface area contributed by atoms with Crippen LogP contribution in [0, 0.1) is 5.41 Å². The Morgan fingerprint density at radius 2 is 1.91 bits per heavy atom. The monoisotopic (exact) mass is 298 g/mol. The number of methoxy groups -OCH3 is 1. The van der Waals surface area contributed by atoms with Gasteiger partial charge in [0.15, 0.2) is 5.78 Å². The number of hydrogen-bond acceptors (Lipinski definition) is 2. The van der Waals surface area contributed by atoms with Crippen molar-refractivity contribution in [1.82, 2.24) is 0 Å². The summed E-state index contributed by atoms with van der Waals surface area (Å²) in [6.45, 7) is 10.5. The maximum absolute atomic E-state index is 13.0. The number of hydrogen-bond donors (Lipinski definition) is 0. The van der Waals surface area contributed by atoms with Crippen LogP contribution in [0.3, 0.4) is 0 Å². The highest BCUT2D eigenvalue weighted by molar-refractivity contribution is 6.06. The fourth-order valence-corrected chi connectivity index (χ4v) is 4.15. The third-order valence-electron chi connectivity index (χ3n) is 5.78. The van der Waals surface area contributed by atoms with Crippen molar-refractivity contribution in [2.24, 2.45) is 5.41 Å². The van der Waals surface area contributed by atoms with E-state index in [0.717, 1.165) is 30.6 Å². The Bertz CT molecular complexity index is 654. The fourth-order valence-electron chi connectivity index (χ4n) is 4.15. The van der Waals surface area contributed by atoms with Gasteiger partial charge in [-0.1, -0.05) is 19.9 Å². The first-order valence-corrected chi connectivity index (χ1v) is 8.25. The van der Waals surface area contributed by atoms with Crippen molar-refractivity contribution in [3.05, 3.63) is 41.0 Å². The predicted molar refractivity (Wildman–Crippen MR) is 89.9 cm³/mol. The second kappa shape index (κ2) is 4.97. The number of allylic oxidation sites excluding steroid dienone is 1. The van der Waals surface area contributed by atoms with Crippen LogP contribution in [0.25, 0.3) is 0 Å². The van der Waals surface area contributed by atoms with Crippen LogP contribution in [0.15, 0.2) is 18.7 Å². The Kier molecular flexibility index (Phi) is 3.47. The minimum atomic E-state index is -0.460. The Morgan fingerprint density at radius 1 is 1.18 bits per heavy atom. The van der Waals surface area contributed by atoms with Crippen molar-refractivity contribution < 1.29 is 9.53 Å². The molecule has 0 bridgehead atoms. The summed E-state index contributed by atoms with van der Waals surface area (Å²) in [4.78, 5) is 13.0. The molecule has 0 radical (unpaired) electrons. The SMILES string of the molecule is C=C[C@@]1(C)CCc2c3c(cc(OC)c2C1=O)C(C)(C)CCC3. The summed E-state index contributed by atoms with van der Waals surface area (Å²) in [6.07, 6.45) is 7.08. The van der Waals surface area contributed by atoms with Gasteiger partial charge in [-0.2, -0.15) is 0 Å². The van der Waals surface area contributed by atoms with Crippen LogP contribution >= 0.6 is 0 Å². The molecule has 0 spiro atoms. The quantitative estimate of drug-likeness (QED) is 0.744. The zero-order valence-corrected chi connectivity index (χ0v) is 14.2. The maximum Gasteiger partial charge on any atom is 0.176 e. The highest BCUT2D eigenvalue weighted by Crippen LogP contribution is 2.47. The standard InChI is InChI=1S/C20H26O2/c1-6-20(4)11-9-14-13-8-7-10-19(2,3)15(13)12-16(22-5)17(14)18(20)21/h6,12H,1,7-11H2,2-5H3/t20-/m0/s1. The fraction of sp³-hybridized carbons (Fsp3) is 0.550. The molecule has 22 heavy (non-hydrogen) atoms. The Balaban J connectivity index is 2.28. The Morgan fingerprint density at radius 3 is 2.55 bits per heavy atom. The van der Waals surface area contributed by atoms with Crippen molar-refractivity contribution in [2.75, 3.05) is 7.11 Å². The lowest BCUT2D eigenvalue weighted by Crippen LogP contribution is -2.34. The van der Waals surface area contributed by atoms with Gasteiger partial charge in [0.25, 0.3) is 0 Å². The van der Waals surface area contributed by atoms with Gasteiger partial charge in [-0.05, 0) is 67.2 Å². The summed E-state index contributed by atoms with van der Waals surface area (Å²) in [5.41, 5.74) is 4.55. The molecule has 0 amide bonds. The third-order valence-corrected chi connectivity index (χ3v) is 5.78. The van der Waals surface area contributed by atoms with Gasteiger partial charge in [0.1, 0.15) is 5.75 Å². The summed E-state index contributed by atoms with van der Waals surface area (Å²) < 4.78 is 5.63. The van der Waals surface area contributed by atoms with Crippen molar-refractivity contribution in [2.45, 2.75) is 58.3 Å². The normalized spacial score (nSPS) is 26.1. The van der Waals surface area contributed by atoms with E-state index in [-0.39, 0.29) is 11.2 Å². The molecule has 2 aliphatic rings. The minimum absolute atomic E-state index is 0.165. The molecule has 0 saturated carbocycles. The molecule has 2 aliphatic carbocycles. The number of benzene rings is 1. The first kappa shape index (κ1) is 15.3. The summed E-state index contributed by atoms with van der Waals surface area (Å²) in [6, 6.07) is 2.13. The van der Waals surface area contributed by atoms with E-state index in [0.29, 0.717) is 0 Å². The first-order chi connectivity index (χ1) is 10.3. The lowest BCUT2D eigenvalue weighted by atomic mass is 9.65. The van der Waals surface area contributed by atoms with E-state index < -0.39 is 5.41 Å². The van der Waals surface area contributed by atoms with Gasteiger partial charge in [-0.15, -0.1) is 6.58 Å². The number of carbonyl (C=O) groups excluding carboxylic acids is 1. The van der Waals surface area contributed by atoms with Crippen LogP contribution in [0.1, 0.15) is 67.1 Å². The van der Waals surface area contributed by atoms with Gasteiger partial charge in [-0.3, -0.25) is 4.79 Å². The topological polar surface area (TPSA) is 26.3 Å². The van der Waals surface area contributed by atoms with Crippen molar-refractivity contribution >= 4 is 5.78 Å². The Hall–Kier alpha value is -1.57. The van der Waals surface area contributed by atoms with Crippen LogP contribution in [-0.4, -0.2) is 12.9 Å². The van der Waals surface area contributed by atoms with Gasteiger partial charge < -0.3 is 4.74 Å². The number of ketones is 1. The molecule has 0 saturated heterocycles. The van der Waals surface area contributed by atoms with E-state index in [2.05, 4.69) is 26.5 Å². The van der Waals surface area contributed by atoms with E-state index in [1.807, 2.05) is 6.92 Å². The van der Waals surface area contributed by atoms with Gasteiger partial charge in [0.2, 0.25) is 0 Å². The van der Waals surface area contributed by atoms with Crippen LogP contribution in [0.4, 0.5) is 0 Å². The molecule has 0 unspecified atom stereocenters. The molecule has 0 fully saturated rings. The van der Waals surface area contributed by atoms with E-state index in [1.54, 1.807) is 13.2 Å². The van der Waals surface area contributed by atoms with Gasteiger partial charge in [-0.25, -0.2) is 0 Å². The zero-order chi connectivity index (χ0) is 16.1. The molecule has 0 heterocycles. The molecule has 2 heteroatoms. The molecule has 0 aromatic heterocycles. The number of ether oxygens (including phenoxy) is 1. The predicted octanol–water partition coefficient (Wildman–Crippen LogP) is 4.63. The molecule has 118 valence electrons. The van der Waals surface area contributed by atoms with Crippen LogP contribution in [0.2, 0.25) is 0 Å².